The maximum atomic E-state index is 14.7. The van der Waals surface area contributed by atoms with E-state index < -0.39 is 44.4 Å². The van der Waals surface area contributed by atoms with Crippen molar-refractivity contribution in [3.8, 4) is 0 Å². The van der Waals surface area contributed by atoms with Crippen LogP contribution in [0.15, 0.2) is 0 Å². The quantitative estimate of drug-likeness (QED) is 0.0501. The van der Waals surface area contributed by atoms with Crippen LogP contribution in [-0.2, 0) is 47.7 Å². The lowest BCUT2D eigenvalue weighted by Crippen LogP contribution is -2.48. The first kappa shape index (κ1) is 62.3. The Labute approximate surface area is 398 Å². The van der Waals surface area contributed by atoms with E-state index in [1.807, 2.05) is 149 Å². The first-order valence-electron chi connectivity index (χ1n) is 24.6. The van der Waals surface area contributed by atoms with Crippen LogP contribution in [0.2, 0.25) is 0 Å². The number of nitrogens with zero attached hydrogens (tertiary/aromatic N) is 2. The fourth-order valence-corrected chi connectivity index (χ4v) is 9.09. The van der Waals surface area contributed by atoms with Gasteiger partial charge in [0, 0.05) is 13.1 Å². The van der Waals surface area contributed by atoms with Gasteiger partial charge >= 0.3 is 29.8 Å². The van der Waals surface area contributed by atoms with Crippen molar-refractivity contribution in [1.29, 1.82) is 0 Å². The number of ether oxygens (including phenoxy) is 5. The third-order valence-corrected chi connectivity index (χ3v) is 14.2. The highest BCUT2D eigenvalue weighted by molar-refractivity contribution is 5.82. The van der Waals surface area contributed by atoms with E-state index in [4.69, 9.17) is 23.7 Å². The van der Waals surface area contributed by atoms with Gasteiger partial charge in [0.1, 0.15) is 33.0 Å². The summed E-state index contributed by atoms with van der Waals surface area (Å²) in [6.07, 6.45) is 2.26. The zero-order valence-corrected chi connectivity index (χ0v) is 46.1. The average molecular weight is 925 g/mol. The van der Waals surface area contributed by atoms with Gasteiger partial charge in [-0.1, -0.05) is 96.9 Å². The van der Waals surface area contributed by atoms with E-state index in [1.165, 1.54) is 0 Å². The molecule has 6 unspecified atom stereocenters. The second-order valence-electron chi connectivity index (χ2n) is 24.6. The Morgan fingerprint density at radius 2 is 0.708 bits per heavy atom. The summed E-state index contributed by atoms with van der Waals surface area (Å²) in [7, 11) is 7.66. The molecule has 0 spiro atoms. The average Bonchev–Trinajstić information content (AvgIpc) is 3.15. The molecule has 12 nitrogen and oxygen atoms in total. The molecule has 0 aromatic heterocycles. The summed E-state index contributed by atoms with van der Waals surface area (Å²) in [5.74, 6) is -2.24. The van der Waals surface area contributed by atoms with Crippen LogP contribution in [0.5, 0.6) is 0 Å². The van der Waals surface area contributed by atoms with Crippen molar-refractivity contribution >= 4 is 29.8 Å². The number of likely N-dealkylation sites (N-methyl/N-ethyl adjacent to an activating group) is 2. The molecule has 6 atom stereocenters. The maximum absolute atomic E-state index is 14.7. The van der Waals surface area contributed by atoms with E-state index in [0.717, 1.165) is 0 Å². The van der Waals surface area contributed by atoms with Gasteiger partial charge in [-0.2, -0.15) is 0 Å². The van der Waals surface area contributed by atoms with Crippen molar-refractivity contribution in [2.45, 2.75) is 170 Å². The molecule has 0 bridgehead atoms. The van der Waals surface area contributed by atoms with Crippen molar-refractivity contribution in [3.63, 3.8) is 0 Å². The lowest BCUT2D eigenvalue weighted by atomic mass is 9.65. The Hall–Kier alpha value is -2.73. The molecule has 0 aromatic rings. The van der Waals surface area contributed by atoms with E-state index in [1.54, 1.807) is 0 Å². The van der Waals surface area contributed by atoms with Crippen molar-refractivity contribution in [3.05, 3.63) is 0 Å². The molecule has 0 N–H and O–H groups in total. The van der Waals surface area contributed by atoms with Crippen molar-refractivity contribution < 1.29 is 47.7 Å². The van der Waals surface area contributed by atoms with Crippen LogP contribution in [0.3, 0.4) is 0 Å². The van der Waals surface area contributed by atoms with Crippen LogP contribution in [-0.4, -0.2) is 114 Å². The van der Waals surface area contributed by atoms with Crippen LogP contribution >= 0.6 is 0 Å². The van der Waals surface area contributed by atoms with E-state index in [-0.39, 0.29) is 98.8 Å². The van der Waals surface area contributed by atoms with Gasteiger partial charge in [-0.25, -0.2) is 0 Å². The Bertz CT molecular complexity index is 1520. The molecule has 0 amide bonds. The van der Waals surface area contributed by atoms with Crippen LogP contribution in [0, 0.1) is 67.5 Å². The summed E-state index contributed by atoms with van der Waals surface area (Å²) in [5.41, 5.74) is -6.30. The van der Waals surface area contributed by atoms with Crippen molar-refractivity contribution in [2.75, 3.05) is 74.3 Å². The predicted octanol–water partition coefficient (Wildman–Crippen LogP) is 10.5. The first-order valence-corrected chi connectivity index (χ1v) is 24.6. The molecule has 12 heteroatoms. The largest absolute Gasteiger partial charge is 0.464 e. The monoisotopic (exact) mass is 925 g/mol. The Balaban J connectivity index is 7.25. The van der Waals surface area contributed by atoms with Gasteiger partial charge in [0.05, 0.1) is 32.5 Å². The molecule has 0 aliphatic heterocycles. The van der Waals surface area contributed by atoms with Gasteiger partial charge in [-0.05, 0) is 136 Å². The van der Waals surface area contributed by atoms with E-state index in [9.17, 15) is 24.0 Å². The van der Waals surface area contributed by atoms with Gasteiger partial charge in [0.15, 0.2) is 0 Å². The number of hydrogen-bond acceptors (Lipinski definition) is 12. The van der Waals surface area contributed by atoms with Crippen LogP contribution < -0.4 is 0 Å². The number of rotatable bonds is 30. The topological polar surface area (TPSA) is 138 Å². The summed E-state index contributed by atoms with van der Waals surface area (Å²) < 4.78 is 30.6. The smallest absolute Gasteiger partial charge is 0.312 e. The number of esters is 5. The summed E-state index contributed by atoms with van der Waals surface area (Å²) in [6, 6.07) is 0. The SMILES string of the molecule is CCC(COC(=O)C(C)(CC(C)C)CC(C)(C(=O)OCCN(C)C)C(C)C)(COC(=O)C(C)(CC(C)(C)C)C(C)C)COC(=O)C(C)(CC(C)(CC(C)C)C(=O)OCCN(C)C)C(C)C. The third-order valence-electron chi connectivity index (χ3n) is 14.2. The van der Waals surface area contributed by atoms with E-state index >= 15 is 0 Å². The summed E-state index contributed by atoms with van der Waals surface area (Å²) in [4.78, 5) is 75.2. The van der Waals surface area contributed by atoms with Gasteiger partial charge in [0.2, 0.25) is 0 Å². The van der Waals surface area contributed by atoms with Gasteiger partial charge in [-0.15, -0.1) is 0 Å². The molecule has 0 aliphatic carbocycles. The van der Waals surface area contributed by atoms with Crippen molar-refractivity contribution in [2.24, 2.45) is 67.5 Å². The number of carbonyl (C=O) groups excluding carboxylic acids is 5. The fraction of sp³-hybridized carbons (Fsp3) is 0.906. The highest BCUT2D eigenvalue weighted by atomic mass is 16.6. The van der Waals surface area contributed by atoms with Gasteiger partial charge in [0.25, 0.3) is 0 Å². The minimum atomic E-state index is -1.13. The molecule has 0 saturated carbocycles. The highest BCUT2D eigenvalue weighted by Gasteiger charge is 2.51. The lowest BCUT2D eigenvalue weighted by molar-refractivity contribution is -0.180. The third kappa shape index (κ3) is 19.1. The fourth-order valence-electron chi connectivity index (χ4n) is 9.09. The first-order chi connectivity index (χ1) is 29.4. The summed E-state index contributed by atoms with van der Waals surface area (Å²) >= 11 is 0. The number of hydrogen-bond donors (Lipinski definition) is 0. The summed E-state index contributed by atoms with van der Waals surface area (Å²) in [5, 5.41) is 0. The second kappa shape index (κ2) is 25.6. The number of carbonyl (C=O) groups is 5. The molecule has 0 aliphatic rings. The van der Waals surface area contributed by atoms with Gasteiger partial charge < -0.3 is 33.5 Å². The van der Waals surface area contributed by atoms with Crippen LogP contribution in [0.1, 0.15) is 170 Å². The molecule has 0 rings (SSSR count). The van der Waals surface area contributed by atoms with Crippen LogP contribution in [0.25, 0.3) is 0 Å². The van der Waals surface area contributed by atoms with E-state index in [0.29, 0.717) is 38.8 Å². The normalized spacial score (nSPS) is 18.1. The predicted molar refractivity (Wildman–Crippen MR) is 262 cm³/mol. The minimum Gasteiger partial charge on any atom is -0.464 e. The molecule has 0 saturated heterocycles. The second-order valence-corrected chi connectivity index (χ2v) is 24.6. The van der Waals surface area contributed by atoms with E-state index in [2.05, 4.69) is 20.8 Å². The van der Waals surface area contributed by atoms with Gasteiger partial charge in [-0.3, -0.25) is 24.0 Å². The molecule has 382 valence electrons. The maximum Gasteiger partial charge on any atom is 0.312 e. The Kier molecular flexibility index (Phi) is 24.5. The Morgan fingerprint density at radius 3 is 0.985 bits per heavy atom. The molecule has 65 heavy (non-hydrogen) atoms. The minimum absolute atomic E-state index is 0.0380. The summed E-state index contributed by atoms with van der Waals surface area (Å²) in [6.45, 7) is 38.6. The standard InChI is InChI=1S/C53H100N2O10/c1-24-53(35-64-45(59)50(17,39(6)7)31-47(12,13)14,34-63-43(57)49(16,30-38(4)5)33-51(18,40(8)9)44(58)62-28-26-55(22)23)36-65-46(60)52(19,41(10)11)32-48(15,29-37(2)3)42(56)61-27-25-54(20)21/h37-41H,24-36H2,1-23H3. The highest BCUT2D eigenvalue weighted by Crippen LogP contribution is 2.47. The molecule has 0 radical (unpaired) electrons. The van der Waals surface area contributed by atoms with Crippen molar-refractivity contribution in [1.82, 2.24) is 9.80 Å². The molecule has 0 aromatic carbocycles. The zero-order chi connectivity index (χ0) is 51.2. The lowest BCUT2D eigenvalue weighted by Gasteiger charge is -2.42. The molecule has 0 heterocycles. The zero-order valence-electron chi connectivity index (χ0n) is 46.1. The molecule has 0 fully saturated rings. The van der Waals surface area contributed by atoms with Crippen LogP contribution in [0.4, 0.5) is 0 Å². The Morgan fingerprint density at radius 1 is 0.431 bits per heavy atom. The molecular weight excluding hydrogens is 825 g/mol. The molecular formula is C53H100N2O10.